The molecular formula is C18H26N2O4. The van der Waals surface area contributed by atoms with E-state index in [1.54, 1.807) is 12.1 Å². The van der Waals surface area contributed by atoms with Crippen molar-refractivity contribution in [3.8, 4) is 0 Å². The minimum absolute atomic E-state index is 0.0278. The Labute approximate surface area is 143 Å². The van der Waals surface area contributed by atoms with Gasteiger partial charge in [0.05, 0.1) is 37.3 Å². The van der Waals surface area contributed by atoms with E-state index in [1.165, 1.54) is 7.11 Å². The topological polar surface area (TPSA) is 67.9 Å². The summed E-state index contributed by atoms with van der Waals surface area (Å²) in [6.45, 7) is 4.94. The summed E-state index contributed by atoms with van der Waals surface area (Å²) in [5.41, 5.74) is 1.99. The molecule has 0 unspecified atom stereocenters. The van der Waals surface area contributed by atoms with Crippen molar-refractivity contribution in [2.45, 2.75) is 32.6 Å². The van der Waals surface area contributed by atoms with E-state index in [0.717, 1.165) is 38.0 Å². The minimum atomic E-state index is -0.412. The number of esters is 1. The first-order valence-corrected chi connectivity index (χ1v) is 8.50. The van der Waals surface area contributed by atoms with Crippen molar-refractivity contribution in [3.05, 3.63) is 23.8 Å². The van der Waals surface area contributed by atoms with E-state index >= 15 is 0 Å². The van der Waals surface area contributed by atoms with Crippen LogP contribution >= 0.6 is 0 Å². The third-order valence-corrected chi connectivity index (χ3v) is 4.05. The van der Waals surface area contributed by atoms with E-state index in [0.29, 0.717) is 30.9 Å². The molecule has 0 saturated carbocycles. The van der Waals surface area contributed by atoms with Gasteiger partial charge in [-0.2, -0.15) is 0 Å². The lowest BCUT2D eigenvalue weighted by atomic mass is 10.1. The van der Waals surface area contributed by atoms with Crippen LogP contribution in [-0.2, 0) is 14.3 Å². The normalized spacial score (nSPS) is 14.3. The van der Waals surface area contributed by atoms with Crippen LogP contribution in [0.1, 0.15) is 43.0 Å². The van der Waals surface area contributed by atoms with Crippen LogP contribution in [-0.4, -0.2) is 45.3 Å². The number of amides is 1. The number of ether oxygens (including phenoxy) is 2. The van der Waals surface area contributed by atoms with E-state index < -0.39 is 5.97 Å². The monoisotopic (exact) mass is 334 g/mol. The number of hydrogen-bond donors (Lipinski definition) is 1. The number of benzene rings is 1. The molecule has 1 amide bonds. The number of nitrogens with zero attached hydrogens (tertiary/aromatic N) is 1. The number of nitrogens with one attached hydrogen (secondary N) is 1. The van der Waals surface area contributed by atoms with Crippen molar-refractivity contribution >= 4 is 23.3 Å². The molecule has 1 aliphatic heterocycles. The summed E-state index contributed by atoms with van der Waals surface area (Å²) in [5.74, 6) is -0.440. The van der Waals surface area contributed by atoms with Crippen LogP contribution in [0.15, 0.2) is 18.2 Å². The molecule has 6 heteroatoms. The third kappa shape index (κ3) is 4.96. The molecule has 2 rings (SSSR count). The third-order valence-electron chi connectivity index (χ3n) is 4.05. The number of unbranched alkanes of at least 4 members (excludes halogenated alkanes) is 2. The standard InChI is InChI=1S/C18H26N2O4/c1-3-4-5-6-17(21)19-15-13-14(18(22)23-2)7-8-16(15)20-9-11-24-12-10-20/h7-8,13H,3-6,9-12H2,1-2H3,(H,19,21). The largest absolute Gasteiger partial charge is 0.465 e. The van der Waals surface area contributed by atoms with Crippen LogP contribution in [0.25, 0.3) is 0 Å². The van der Waals surface area contributed by atoms with Gasteiger partial charge in [-0.05, 0) is 24.6 Å². The fourth-order valence-electron chi connectivity index (χ4n) is 2.71. The van der Waals surface area contributed by atoms with E-state index in [-0.39, 0.29) is 5.91 Å². The molecule has 0 aromatic heterocycles. The summed E-state index contributed by atoms with van der Waals surface area (Å²) in [7, 11) is 1.35. The minimum Gasteiger partial charge on any atom is -0.465 e. The van der Waals surface area contributed by atoms with Gasteiger partial charge < -0.3 is 19.7 Å². The van der Waals surface area contributed by atoms with Gasteiger partial charge in [0, 0.05) is 19.5 Å². The van der Waals surface area contributed by atoms with E-state index in [9.17, 15) is 9.59 Å². The fourth-order valence-corrected chi connectivity index (χ4v) is 2.71. The molecule has 0 radical (unpaired) electrons. The van der Waals surface area contributed by atoms with Gasteiger partial charge in [-0.3, -0.25) is 4.79 Å². The molecule has 0 atom stereocenters. The maximum atomic E-state index is 12.2. The Kier molecular flexibility index (Phi) is 7.06. The summed E-state index contributed by atoms with van der Waals surface area (Å²) in [5, 5.41) is 2.96. The van der Waals surface area contributed by atoms with Crippen LogP contribution < -0.4 is 10.2 Å². The quantitative estimate of drug-likeness (QED) is 0.613. The summed E-state index contributed by atoms with van der Waals surface area (Å²) in [4.78, 5) is 26.1. The van der Waals surface area contributed by atoms with Crippen LogP contribution in [0.4, 0.5) is 11.4 Å². The lowest BCUT2D eigenvalue weighted by molar-refractivity contribution is -0.116. The lowest BCUT2D eigenvalue weighted by Gasteiger charge is -2.30. The Bertz CT molecular complexity index is 568. The molecular weight excluding hydrogens is 308 g/mol. The first-order chi connectivity index (χ1) is 11.7. The lowest BCUT2D eigenvalue weighted by Crippen LogP contribution is -2.36. The highest BCUT2D eigenvalue weighted by Crippen LogP contribution is 2.28. The highest BCUT2D eigenvalue weighted by Gasteiger charge is 2.18. The first-order valence-electron chi connectivity index (χ1n) is 8.50. The Hall–Kier alpha value is -2.08. The molecule has 24 heavy (non-hydrogen) atoms. The Morgan fingerprint density at radius 1 is 1.25 bits per heavy atom. The van der Waals surface area contributed by atoms with Crippen LogP contribution in [0.2, 0.25) is 0 Å². The summed E-state index contributed by atoms with van der Waals surface area (Å²) >= 11 is 0. The van der Waals surface area contributed by atoms with Gasteiger partial charge >= 0.3 is 5.97 Å². The molecule has 1 saturated heterocycles. The molecule has 1 aromatic carbocycles. The molecule has 1 aromatic rings. The van der Waals surface area contributed by atoms with Gasteiger partial charge in [0.25, 0.3) is 0 Å². The smallest absolute Gasteiger partial charge is 0.337 e. The second-order valence-corrected chi connectivity index (χ2v) is 5.83. The summed E-state index contributed by atoms with van der Waals surface area (Å²) in [6, 6.07) is 5.27. The highest BCUT2D eigenvalue weighted by molar-refractivity contribution is 5.98. The van der Waals surface area contributed by atoms with Crippen LogP contribution in [0.3, 0.4) is 0 Å². The van der Waals surface area contributed by atoms with Crippen molar-refractivity contribution in [3.63, 3.8) is 0 Å². The van der Waals surface area contributed by atoms with E-state index in [4.69, 9.17) is 9.47 Å². The fraction of sp³-hybridized carbons (Fsp3) is 0.556. The molecule has 0 bridgehead atoms. The number of anilines is 2. The zero-order valence-corrected chi connectivity index (χ0v) is 14.5. The van der Waals surface area contributed by atoms with Crippen molar-refractivity contribution < 1.29 is 19.1 Å². The van der Waals surface area contributed by atoms with Gasteiger partial charge in [0.1, 0.15) is 0 Å². The molecule has 1 fully saturated rings. The number of carbonyl (C=O) groups is 2. The van der Waals surface area contributed by atoms with Crippen molar-refractivity contribution in [2.24, 2.45) is 0 Å². The predicted octanol–water partition coefficient (Wildman–Crippen LogP) is 2.83. The molecule has 1 N–H and O–H groups in total. The first kappa shape index (κ1) is 18.3. The number of carbonyl (C=O) groups excluding carboxylic acids is 2. The van der Waals surface area contributed by atoms with E-state index in [2.05, 4.69) is 17.1 Å². The summed E-state index contributed by atoms with van der Waals surface area (Å²) < 4.78 is 10.2. The maximum Gasteiger partial charge on any atom is 0.337 e. The average Bonchev–Trinajstić information content (AvgIpc) is 2.62. The average molecular weight is 334 g/mol. The number of methoxy groups -OCH3 is 1. The van der Waals surface area contributed by atoms with Crippen molar-refractivity contribution in [1.82, 2.24) is 0 Å². The number of morpholine rings is 1. The van der Waals surface area contributed by atoms with Crippen molar-refractivity contribution in [1.29, 1.82) is 0 Å². The van der Waals surface area contributed by atoms with Gasteiger partial charge in [0.15, 0.2) is 0 Å². The molecule has 0 aliphatic carbocycles. The summed E-state index contributed by atoms with van der Waals surface area (Å²) in [6.07, 6.45) is 3.46. The van der Waals surface area contributed by atoms with Gasteiger partial charge in [0.2, 0.25) is 5.91 Å². The Morgan fingerprint density at radius 3 is 2.67 bits per heavy atom. The predicted molar refractivity (Wildman–Crippen MR) is 93.6 cm³/mol. The highest BCUT2D eigenvalue weighted by atomic mass is 16.5. The van der Waals surface area contributed by atoms with Gasteiger partial charge in [-0.25, -0.2) is 4.79 Å². The van der Waals surface area contributed by atoms with Crippen LogP contribution in [0.5, 0.6) is 0 Å². The van der Waals surface area contributed by atoms with E-state index in [1.807, 2.05) is 6.07 Å². The maximum absolute atomic E-state index is 12.2. The second kappa shape index (κ2) is 9.27. The number of hydrogen-bond acceptors (Lipinski definition) is 5. The Morgan fingerprint density at radius 2 is 2.00 bits per heavy atom. The molecule has 0 spiro atoms. The Balaban J connectivity index is 2.19. The molecule has 6 nitrogen and oxygen atoms in total. The second-order valence-electron chi connectivity index (χ2n) is 5.83. The zero-order valence-electron chi connectivity index (χ0n) is 14.5. The molecule has 1 heterocycles. The van der Waals surface area contributed by atoms with Gasteiger partial charge in [-0.1, -0.05) is 19.8 Å². The van der Waals surface area contributed by atoms with Gasteiger partial charge in [-0.15, -0.1) is 0 Å². The molecule has 1 aliphatic rings. The SMILES string of the molecule is CCCCCC(=O)Nc1cc(C(=O)OC)ccc1N1CCOCC1. The van der Waals surface area contributed by atoms with Crippen LogP contribution in [0, 0.1) is 0 Å². The van der Waals surface area contributed by atoms with Crippen molar-refractivity contribution in [2.75, 3.05) is 43.6 Å². The molecule has 132 valence electrons. The zero-order chi connectivity index (χ0) is 17.4. The number of rotatable bonds is 7.